The molecule has 0 unspecified atom stereocenters. The van der Waals surface area contributed by atoms with Crippen LogP contribution in [0.5, 0.6) is 0 Å². The topological polar surface area (TPSA) is 53.1 Å². The van der Waals surface area contributed by atoms with E-state index in [9.17, 15) is 9.59 Å². The van der Waals surface area contributed by atoms with E-state index in [1.54, 1.807) is 0 Å². The quantitative estimate of drug-likeness (QED) is 0.693. The molecule has 3 saturated heterocycles. The average molecular weight is 420 g/mol. The Morgan fingerprint density at radius 2 is 1.50 bits per heavy atom. The summed E-state index contributed by atoms with van der Waals surface area (Å²) in [5, 5.41) is 0. The van der Waals surface area contributed by atoms with Crippen LogP contribution in [0.1, 0.15) is 84.5 Å². The van der Waals surface area contributed by atoms with Gasteiger partial charge >= 0.3 is 6.09 Å². The fourth-order valence-electron chi connectivity index (χ4n) is 6.41. The SMILES string of the molecule is CC(C)OC(=O)N1CCC(N2CCC(N3C(=O)CCC[C@@H]4CCCC[C@@H]43)CC2)CC1. The zero-order chi connectivity index (χ0) is 21.1. The van der Waals surface area contributed by atoms with Crippen molar-refractivity contribution in [2.75, 3.05) is 26.2 Å². The van der Waals surface area contributed by atoms with Crippen LogP contribution in [0.4, 0.5) is 4.79 Å². The molecule has 2 amide bonds. The zero-order valence-corrected chi connectivity index (χ0v) is 19.1. The van der Waals surface area contributed by atoms with Gasteiger partial charge in [-0.15, -0.1) is 0 Å². The zero-order valence-electron chi connectivity index (χ0n) is 19.1. The maximum atomic E-state index is 13.0. The van der Waals surface area contributed by atoms with Crippen molar-refractivity contribution in [2.45, 2.75) is 109 Å². The summed E-state index contributed by atoms with van der Waals surface area (Å²) >= 11 is 0. The first-order valence-corrected chi connectivity index (χ1v) is 12.5. The third-order valence-corrected chi connectivity index (χ3v) is 7.95. The predicted molar refractivity (Wildman–Crippen MR) is 117 cm³/mol. The first-order valence-electron chi connectivity index (χ1n) is 12.5. The third kappa shape index (κ3) is 4.95. The lowest BCUT2D eigenvalue weighted by molar-refractivity contribution is -0.138. The molecule has 6 heteroatoms. The molecule has 0 radical (unpaired) electrons. The summed E-state index contributed by atoms with van der Waals surface area (Å²) in [5.74, 6) is 1.18. The second kappa shape index (κ2) is 9.88. The standard InChI is InChI=1S/C24H41N3O3/c1-18(2)30-24(29)26-16-10-20(11-17-26)25-14-12-21(13-15-25)27-22-8-4-3-6-19(22)7-5-9-23(27)28/h18-22H,3-17H2,1-2H3/t19-,22-/m0/s1. The van der Waals surface area contributed by atoms with Gasteiger partial charge < -0.3 is 19.4 Å². The normalized spacial score (nSPS) is 30.3. The summed E-state index contributed by atoms with van der Waals surface area (Å²) < 4.78 is 5.35. The molecule has 4 aliphatic rings. The lowest BCUT2D eigenvalue weighted by Crippen LogP contribution is -2.55. The van der Waals surface area contributed by atoms with Crippen LogP contribution in [0, 0.1) is 5.92 Å². The Morgan fingerprint density at radius 3 is 2.20 bits per heavy atom. The highest BCUT2D eigenvalue weighted by Gasteiger charge is 2.40. The van der Waals surface area contributed by atoms with E-state index in [1.807, 2.05) is 18.7 Å². The van der Waals surface area contributed by atoms with E-state index in [0.29, 0.717) is 24.0 Å². The first-order chi connectivity index (χ1) is 14.5. The number of hydrogen-bond acceptors (Lipinski definition) is 4. The fraction of sp³-hybridized carbons (Fsp3) is 0.917. The third-order valence-electron chi connectivity index (χ3n) is 7.95. The van der Waals surface area contributed by atoms with Crippen LogP contribution in [0.15, 0.2) is 0 Å². The molecule has 0 bridgehead atoms. The van der Waals surface area contributed by atoms with Crippen LogP contribution in [-0.4, -0.2) is 77.1 Å². The van der Waals surface area contributed by atoms with Crippen LogP contribution in [0.2, 0.25) is 0 Å². The highest BCUT2D eigenvalue weighted by molar-refractivity contribution is 5.77. The molecule has 30 heavy (non-hydrogen) atoms. The van der Waals surface area contributed by atoms with Gasteiger partial charge in [0.05, 0.1) is 6.10 Å². The second-order valence-corrected chi connectivity index (χ2v) is 10.2. The minimum Gasteiger partial charge on any atom is -0.447 e. The van der Waals surface area contributed by atoms with Crippen LogP contribution in [-0.2, 0) is 9.53 Å². The molecule has 1 aliphatic carbocycles. The van der Waals surface area contributed by atoms with Crippen molar-refractivity contribution >= 4 is 12.0 Å². The molecule has 3 aliphatic heterocycles. The van der Waals surface area contributed by atoms with Crippen molar-refractivity contribution in [3.63, 3.8) is 0 Å². The lowest BCUT2D eigenvalue weighted by Gasteiger charge is -2.47. The molecule has 6 nitrogen and oxygen atoms in total. The Bertz CT molecular complexity index is 595. The molecule has 0 spiro atoms. The van der Waals surface area contributed by atoms with Gasteiger partial charge in [-0.05, 0) is 71.1 Å². The molecule has 170 valence electrons. The molecule has 2 atom stereocenters. The number of hydrogen-bond donors (Lipinski definition) is 0. The molecular weight excluding hydrogens is 378 g/mol. The highest BCUT2D eigenvalue weighted by atomic mass is 16.6. The molecule has 1 saturated carbocycles. The van der Waals surface area contributed by atoms with Crippen molar-refractivity contribution in [1.82, 2.24) is 14.7 Å². The minimum absolute atomic E-state index is 0.0558. The summed E-state index contributed by atoms with van der Waals surface area (Å²) in [6.07, 6.45) is 12.4. The van der Waals surface area contributed by atoms with Gasteiger partial charge in [-0.1, -0.05) is 12.8 Å². The smallest absolute Gasteiger partial charge is 0.410 e. The molecule has 0 N–H and O–H groups in total. The summed E-state index contributed by atoms with van der Waals surface area (Å²) in [7, 11) is 0. The van der Waals surface area contributed by atoms with Crippen LogP contribution in [0.25, 0.3) is 0 Å². The average Bonchev–Trinajstić information content (AvgIpc) is 2.91. The van der Waals surface area contributed by atoms with Gasteiger partial charge in [0.1, 0.15) is 0 Å². The second-order valence-electron chi connectivity index (χ2n) is 10.2. The Balaban J connectivity index is 1.28. The highest BCUT2D eigenvalue weighted by Crippen LogP contribution is 2.38. The monoisotopic (exact) mass is 419 g/mol. The Labute approximate surface area is 182 Å². The lowest BCUT2D eigenvalue weighted by atomic mass is 9.81. The molecular formula is C24H41N3O3. The number of amides is 2. The van der Waals surface area contributed by atoms with Crippen LogP contribution in [0.3, 0.4) is 0 Å². The van der Waals surface area contributed by atoms with Crippen LogP contribution < -0.4 is 0 Å². The van der Waals surface area contributed by atoms with E-state index in [4.69, 9.17) is 4.74 Å². The van der Waals surface area contributed by atoms with E-state index in [0.717, 1.165) is 70.6 Å². The van der Waals surface area contributed by atoms with Gasteiger partial charge in [0.2, 0.25) is 5.91 Å². The van der Waals surface area contributed by atoms with Crippen molar-refractivity contribution in [2.24, 2.45) is 5.92 Å². The Hall–Kier alpha value is -1.30. The summed E-state index contributed by atoms with van der Waals surface area (Å²) in [5.41, 5.74) is 0. The summed E-state index contributed by atoms with van der Waals surface area (Å²) in [4.78, 5) is 32.0. The molecule has 3 heterocycles. The van der Waals surface area contributed by atoms with E-state index in [-0.39, 0.29) is 12.2 Å². The number of carbonyl (C=O) groups is 2. The van der Waals surface area contributed by atoms with Crippen molar-refractivity contribution in [3.8, 4) is 0 Å². The van der Waals surface area contributed by atoms with Crippen LogP contribution >= 0.6 is 0 Å². The number of fused-ring (bicyclic) bond motifs is 1. The number of piperidine rings is 2. The maximum Gasteiger partial charge on any atom is 0.410 e. The van der Waals surface area contributed by atoms with Gasteiger partial charge in [-0.3, -0.25) is 4.79 Å². The number of likely N-dealkylation sites (tertiary alicyclic amines) is 3. The molecule has 0 aromatic rings. The Kier molecular flexibility index (Phi) is 7.22. The van der Waals surface area contributed by atoms with Gasteiger partial charge in [-0.25, -0.2) is 4.79 Å². The fourth-order valence-corrected chi connectivity index (χ4v) is 6.41. The molecule has 4 rings (SSSR count). The Morgan fingerprint density at radius 1 is 0.867 bits per heavy atom. The minimum atomic E-state index is -0.163. The van der Waals surface area contributed by atoms with Gasteiger partial charge in [0, 0.05) is 50.7 Å². The first kappa shape index (κ1) is 21.9. The summed E-state index contributed by atoms with van der Waals surface area (Å²) in [6, 6.07) is 1.52. The number of rotatable bonds is 3. The largest absolute Gasteiger partial charge is 0.447 e. The number of ether oxygens (including phenoxy) is 1. The molecule has 0 aromatic carbocycles. The van der Waals surface area contributed by atoms with Crippen molar-refractivity contribution in [3.05, 3.63) is 0 Å². The van der Waals surface area contributed by atoms with Crippen molar-refractivity contribution < 1.29 is 14.3 Å². The predicted octanol–water partition coefficient (Wildman–Crippen LogP) is 4.03. The van der Waals surface area contributed by atoms with E-state index in [2.05, 4.69) is 9.80 Å². The van der Waals surface area contributed by atoms with E-state index in [1.165, 1.54) is 32.1 Å². The van der Waals surface area contributed by atoms with E-state index >= 15 is 0 Å². The van der Waals surface area contributed by atoms with Gasteiger partial charge in [0.25, 0.3) is 0 Å². The number of carbonyl (C=O) groups excluding carboxylic acids is 2. The maximum absolute atomic E-state index is 13.0. The van der Waals surface area contributed by atoms with Gasteiger partial charge in [-0.2, -0.15) is 0 Å². The van der Waals surface area contributed by atoms with E-state index < -0.39 is 0 Å². The number of nitrogens with zero attached hydrogens (tertiary/aromatic N) is 3. The molecule has 0 aromatic heterocycles. The molecule has 4 fully saturated rings. The summed E-state index contributed by atoms with van der Waals surface area (Å²) in [6.45, 7) is 7.58. The van der Waals surface area contributed by atoms with Gasteiger partial charge in [0.15, 0.2) is 0 Å². The van der Waals surface area contributed by atoms with Crippen molar-refractivity contribution in [1.29, 1.82) is 0 Å².